The second kappa shape index (κ2) is 62.0. The molecular formula is C72H141NO8. The number of allylic oxidation sites excluding steroid dienone is 1. The fourth-order valence-electron chi connectivity index (χ4n) is 12.2. The Bertz CT molecular complexity index is 1280. The van der Waals surface area contributed by atoms with Crippen LogP contribution in [0, 0.1) is 0 Å². The average molecular weight is 1150 g/mol. The highest BCUT2D eigenvalue weighted by Crippen LogP contribution is 2.24. The Morgan fingerprint density at radius 3 is 0.963 bits per heavy atom. The third-order valence-electron chi connectivity index (χ3n) is 17.9. The normalized spacial score (nSPS) is 18.3. The molecule has 81 heavy (non-hydrogen) atoms. The Morgan fingerprint density at radius 2 is 0.679 bits per heavy atom. The highest BCUT2D eigenvalue weighted by molar-refractivity contribution is 5.76. The van der Waals surface area contributed by atoms with Crippen molar-refractivity contribution < 1.29 is 39.8 Å². The number of rotatable bonds is 65. The lowest BCUT2D eigenvalue weighted by atomic mass is 9.99. The van der Waals surface area contributed by atoms with Crippen LogP contribution in [-0.4, -0.2) is 87.5 Å². The van der Waals surface area contributed by atoms with Crippen LogP contribution in [0.15, 0.2) is 12.2 Å². The third-order valence-corrected chi connectivity index (χ3v) is 17.9. The van der Waals surface area contributed by atoms with Crippen LogP contribution in [0.25, 0.3) is 0 Å². The molecule has 0 aromatic carbocycles. The summed E-state index contributed by atoms with van der Waals surface area (Å²) in [5.41, 5.74) is 0. The molecule has 9 nitrogen and oxygen atoms in total. The number of carbonyl (C=O) groups is 1. The second-order valence-electron chi connectivity index (χ2n) is 25.8. The van der Waals surface area contributed by atoms with Gasteiger partial charge in [0.25, 0.3) is 0 Å². The summed E-state index contributed by atoms with van der Waals surface area (Å²) in [7, 11) is 0. The number of ether oxygens (including phenoxy) is 2. The molecule has 0 aliphatic carbocycles. The lowest BCUT2D eigenvalue weighted by Crippen LogP contribution is -2.60. The molecule has 0 saturated carbocycles. The lowest BCUT2D eigenvalue weighted by molar-refractivity contribution is -0.302. The SMILES string of the molecule is CCCCCCCCCCCCCCCCCC/C=C/C(O)C(COC1OC(CO)C(O)C(O)C1O)NC(=O)CCCCCCCCCCCCCCCCCCCCCCCCCCCCCCCCCCCCCCCCCC. The fourth-order valence-corrected chi connectivity index (χ4v) is 12.2. The summed E-state index contributed by atoms with van der Waals surface area (Å²) in [6.07, 6.45) is 73.5. The summed E-state index contributed by atoms with van der Waals surface area (Å²) in [6.45, 7) is 3.84. The summed E-state index contributed by atoms with van der Waals surface area (Å²) in [4.78, 5) is 13.1. The van der Waals surface area contributed by atoms with Crippen molar-refractivity contribution >= 4 is 5.91 Å². The van der Waals surface area contributed by atoms with Crippen LogP contribution in [0.4, 0.5) is 0 Å². The zero-order chi connectivity index (χ0) is 58.6. The molecule has 7 atom stereocenters. The van der Waals surface area contributed by atoms with Crippen molar-refractivity contribution in [1.29, 1.82) is 0 Å². The minimum Gasteiger partial charge on any atom is -0.394 e. The Labute approximate surface area is 503 Å². The number of unbranched alkanes of at least 4 members (excludes halogenated alkanes) is 55. The van der Waals surface area contributed by atoms with Crippen LogP contribution in [0.3, 0.4) is 0 Å². The van der Waals surface area contributed by atoms with Gasteiger partial charge in [-0.15, -0.1) is 0 Å². The molecule has 0 radical (unpaired) electrons. The molecule has 1 aliphatic rings. The van der Waals surface area contributed by atoms with Gasteiger partial charge in [0.15, 0.2) is 6.29 Å². The van der Waals surface area contributed by atoms with Crippen molar-refractivity contribution in [2.75, 3.05) is 13.2 Å². The Morgan fingerprint density at radius 1 is 0.407 bits per heavy atom. The van der Waals surface area contributed by atoms with E-state index in [0.29, 0.717) is 6.42 Å². The Balaban J connectivity index is 2.02. The first-order chi connectivity index (χ1) is 39.8. The van der Waals surface area contributed by atoms with Gasteiger partial charge in [0.05, 0.1) is 25.4 Å². The summed E-state index contributed by atoms with van der Waals surface area (Å²) < 4.78 is 11.3. The molecule has 1 rings (SSSR count). The minimum absolute atomic E-state index is 0.167. The van der Waals surface area contributed by atoms with Gasteiger partial charge < -0.3 is 40.3 Å². The van der Waals surface area contributed by atoms with Gasteiger partial charge in [-0.25, -0.2) is 0 Å². The van der Waals surface area contributed by atoms with E-state index in [1.165, 1.54) is 327 Å². The second-order valence-corrected chi connectivity index (χ2v) is 25.8. The molecular weight excluding hydrogens is 1010 g/mol. The predicted octanol–water partition coefficient (Wildman–Crippen LogP) is 19.9. The molecule has 0 bridgehead atoms. The summed E-state index contributed by atoms with van der Waals surface area (Å²) in [5, 5.41) is 54.7. The first-order valence-corrected chi connectivity index (χ1v) is 36.4. The topological polar surface area (TPSA) is 149 Å². The van der Waals surface area contributed by atoms with Crippen LogP contribution in [0.1, 0.15) is 386 Å². The smallest absolute Gasteiger partial charge is 0.220 e. The van der Waals surface area contributed by atoms with E-state index in [-0.39, 0.29) is 12.5 Å². The number of amides is 1. The molecule has 9 heteroatoms. The monoisotopic (exact) mass is 1150 g/mol. The van der Waals surface area contributed by atoms with Gasteiger partial charge in [-0.05, 0) is 19.3 Å². The quantitative estimate of drug-likeness (QED) is 0.0261. The number of aliphatic hydroxyl groups excluding tert-OH is 5. The summed E-state index contributed by atoms with van der Waals surface area (Å²) in [6, 6.07) is -0.801. The number of aliphatic hydroxyl groups is 5. The van der Waals surface area contributed by atoms with Gasteiger partial charge in [-0.2, -0.15) is 0 Å². The number of nitrogens with one attached hydrogen (secondary N) is 1. The fraction of sp³-hybridized carbons (Fsp3) is 0.958. The molecule has 0 spiro atoms. The van der Waals surface area contributed by atoms with Gasteiger partial charge in [-0.3, -0.25) is 4.79 Å². The molecule has 1 saturated heterocycles. The van der Waals surface area contributed by atoms with Crippen molar-refractivity contribution in [3.63, 3.8) is 0 Å². The molecule has 1 fully saturated rings. The van der Waals surface area contributed by atoms with Gasteiger partial charge >= 0.3 is 0 Å². The van der Waals surface area contributed by atoms with Crippen molar-refractivity contribution in [3.8, 4) is 0 Å². The largest absolute Gasteiger partial charge is 0.394 e. The van der Waals surface area contributed by atoms with Crippen LogP contribution >= 0.6 is 0 Å². The highest BCUT2D eigenvalue weighted by Gasteiger charge is 2.44. The van der Waals surface area contributed by atoms with Gasteiger partial charge in [0.1, 0.15) is 24.4 Å². The average Bonchev–Trinajstić information content (AvgIpc) is 3.47. The van der Waals surface area contributed by atoms with E-state index in [4.69, 9.17) is 9.47 Å². The maximum Gasteiger partial charge on any atom is 0.220 e. The highest BCUT2D eigenvalue weighted by atomic mass is 16.7. The molecule has 1 amide bonds. The minimum atomic E-state index is -1.56. The third kappa shape index (κ3) is 50.8. The zero-order valence-electron chi connectivity index (χ0n) is 54.1. The van der Waals surface area contributed by atoms with E-state index >= 15 is 0 Å². The van der Waals surface area contributed by atoms with E-state index in [1.807, 2.05) is 6.08 Å². The molecule has 482 valence electrons. The van der Waals surface area contributed by atoms with Crippen molar-refractivity contribution in [2.24, 2.45) is 0 Å². The van der Waals surface area contributed by atoms with E-state index in [1.54, 1.807) is 6.08 Å². The van der Waals surface area contributed by atoms with Gasteiger partial charge in [0.2, 0.25) is 5.91 Å². The first kappa shape index (κ1) is 77.9. The standard InChI is InChI=1S/C72H141NO8/c1-3-5-7-9-11-13-15-17-19-21-23-24-25-26-27-28-29-30-31-32-33-34-35-36-37-38-39-40-41-42-43-44-46-48-50-52-54-56-58-60-62-68(76)73-65(64-80-72-71(79)70(78)69(77)67(63-74)81-72)66(75)61-59-57-55-53-51-49-47-45-22-20-18-16-14-12-10-8-6-4-2/h59,61,65-67,69-72,74-75,77-79H,3-58,60,62-64H2,1-2H3,(H,73,76)/b61-59+. The number of hydrogen-bond acceptors (Lipinski definition) is 8. The zero-order valence-corrected chi connectivity index (χ0v) is 54.1. The molecule has 1 aliphatic heterocycles. The van der Waals surface area contributed by atoms with Crippen molar-refractivity contribution in [1.82, 2.24) is 5.32 Å². The predicted molar refractivity (Wildman–Crippen MR) is 346 cm³/mol. The Kier molecular flexibility index (Phi) is 59.7. The maximum absolute atomic E-state index is 13.1. The maximum atomic E-state index is 13.1. The van der Waals surface area contributed by atoms with Gasteiger partial charge in [0, 0.05) is 6.42 Å². The van der Waals surface area contributed by atoms with E-state index in [0.717, 1.165) is 38.5 Å². The number of carbonyl (C=O) groups excluding carboxylic acids is 1. The van der Waals surface area contributed by atoms with Crippen LogP contribution < -0.4 is 5.32 Å². The van der Waals surface area contributed by atoms with Crippen LogP contribution in [-0.2, 0) is 14.3 Å². The first-order valence-electron chi connectivity index (χ1n) is 36.4. The van der Waals surface area contributed by atoms with Crippen LogP contribution in [0.5, 0.6) is 0 Å². The van der Waals surface area contributed by atoms with E-state index < -0.39 is 49.5 Å². The lowest BCUT2D eigenvalue weighted by Gasteiger charge is -2.40. The molecule has 7 unspecified atom stereocenters. The van der Waals surface area contributed by atoms with E-state index in [9.17, 15) is 30.3 Å². The molecule has 0 aromatic rings. The van der Waals surface area contributed by atoms with Crippen molar-refractivity contribution in [2.45, 2.75) is 429 Å². The molecule has 6 N–H and O–H groups in total. The van der Waals surface area contributed by atoms with E-state index in [2.05, 4.69) is 19.2 Å². The Hall–Kier alpha value is -1.07. The van der Waals surface area contributed by atoms with Crippen LogP contribution in [0.2, 0.25) is 0 Å². The summed E-state index contributed by atoms with van der Waals surface area (Å²) in [5.74, 6) is -0.167. The van der Waals surface area contributed by atoms with Gasteiger partial charge in [-0.1, -0.05) is 373 Å². The molecule has 1 heterocycles. The molecule has 0 aromatic heterocycles. The summed E-state index contributed by atoms with van der Waals surface area (Å²) >= 11 is 0. The number of hydrogen-bond donors (Lipinski definition) is 6. The van der Waals surface area contributed by atoms with Crippen molar-refractivity contribution in [3.05, 3.63) is 12.2 Å².